The third kappa shape index (κ3) is 4.18. The number of rotatable bonds is 7. The Hall–Kier alpha value is -1.14. The Morgan fingerprint density at radius 2 is 1.95 bits per heavy atom. The molecule has 0 aliphatic carbocycles. The molecule has 19 heavy (non-hydrogen) atoms. The predicted octanol–water partition coefficient (Wildman–Crippen LogP) is 3.78. The molecule has 2 rings (SSSR count). The van der Waals surface area contributed by atoms with Crippen molar-refractivity contribution in [3.8, 4) is 0 Å². The molecule has 0 unspecified atom stereocenters. The van der Waals surface area contributed by atoms with Crippen LogP contribution in [-0.4, -0.2) is 23.1 Å². The van der Waals surface area contributed by atoms with Gasteiger partial charge in [-0.1, -0.05) is 13.0 Å². The van der Waals surface area contributed by atoms with Crippen LogP contribution in [0, 0.1) is 0 Å². The van der Waals surface area contributed by atoms with Gasteiger partial charge in [-0.25, -0.2) is 9.97 Å². The average molecular weight is 341 g/mol. The van der Waals surface area contributed by atoms with Gasteiger partial charge in [0.05, 0.1) is 0 Å². The van der Waals surface area contributed by atoms with E-state index in [0.29, 0.717) is 0 Å². The number of nitrogens with zero attached hydrogens (tertiary/aromatic N) is 2. The van der Waals surface area contributed by atoms with Gasteiger partial charge < -0.3 is 10.6 Å². The number of anilines is 2. The highest BCUT2D eigenvalue weighted by Crippen LogP contribution is 2.26. The maximum atomic E-state index is 4.26. The molecule has 2 heterocycles. The molecule has 4 nitrogen and oxygen atoms in total. The van der Waals surface area contributed by atoms with E-state index >= 15 is 0 Å². The first kappa shape index (κ1) is 14.3. The van der Waals surface area contributed by atoms with E-state index < -0.39 is 0 Å². The Morgan fingerprint density at radius 3 is 2.58 bits per heavy atom. The zero-order valence-corrected chi connectivity index (χ0v) is 13.2. The molecule has 2 aromatic rings. The highest BCUT2D eigenvalue weighted by atomic mass is 79.9. The zero-order chi connectivity index (χ0) is 13.5. The summed E-state index contributed by atoms with van der Waals surface area (Å²) in [6, 6.07) is 4.23. The smallest absolute Gasteiger partial charge is 0.145 e. The second kappa shape index (κ2) is 7.45. The van der Waals surface area contributed by atoms with Crippen LogP contribution in [0.3, 0.4) is 0 Å². The first-order valence-electron chi connectivity index (χ1n) is 6.32. The lowest BCUT2D eigenvalue weighted by atomic mass is 10.3. The molecule has 2 aromatic heterocycles. The topological polar surface area (TPSA) is 49.8 Å². The summed E-state index contributed by atoms with van der Waals surface area (Å²) in [6.07, 6.45) is 3.65. The normalized spacial score (nSPS) is 10.4. The minimum atomic E-state index is 0.838. The van der Waals surface area contributed by atoms with Gasteiger partial charge in [0.25, 0.3) is 0 Å². The Labute approximate surface area is 125 Å². The van der Waals surface area contributed by atoms with Crippen LogP contribution in [0.25, 0.3) is 0 Å². The summed E-state index contributed by atoms with van der Waals surface area (Å²) in [5.41, 5.74) is 0. The molecule has 0 aliphatic heterocycles. The summed E-state index contributed by atoms with van der Waals surface area (Å²) in [7, 11) is 0. The number of hydrogen-bond acceptors (Lipinski definition) is 5. The van der Waals surface area contributed by atoms with Crippen LogP contribution in [0.4, 0.5) is 11.6 Å². The Bertz CT molecular complexity index is 501. The molecule has 2 N–H and O–H groups in total. The van der Waals surface area contributed by atoms with Gasteiger partial charge in [0.1, 0.15) is 22.4 Å². The Kier molecular flexibility index (Phi) is 5.60. The van der Waals surface area contributed by atoms with E-state index in [-0.39, 0.29) is 0 Å². The average Bonchev–Trinajstić information content (AvgIpc) is 2.92. The van der Waals surface area contributed by atoms with Crippen LogP contribution in [0.2, 0.25) is 0 Å². The van der Waals surface area contributed by atoms with Gasteiger partial charge in [-0.3, -0.25) is 0 Å². The first-order valence-corrected chi connectivity index (χ1v) is 7.99. The molecule has 0 bridgehead atoms. The second-order valence-electron chi connectivity index (χ2n) is 4.07. The number of nitrogens with one attached hydrogen (secondary N) is 2. The SMILES string of the molecule is CCCNc1ncnc(NCCc2cccs2)c1Br. The predicted molar refractivity (Wildman–Crippen MR) is 85.0 cm³/mol. The fourth-order valence-electron chi connectivity index (χ4n) is 1.62. The van der Waals surface area contributed by atoms with Crippen molar-refractivity contribution in [3.05, 3.63) is 33.2 Å². The van der Waals surface area contributed by atoms with E-state index in [4.69, 9.17) is 0 Å². The van der Waals surface area contributed by atoms with E-state index in [0.717, 1.165) is 42.0 Å². The third-order valence-corrected chi connectivity index (χ3v) is 4.26. The number of halogens is 1. The maximum Gasteiger partial charge on any atom is 0.145 e. The van der Waals surface area contributed by atoms with E-state index in [1.54, 1.807) is 17.7 Å². The van der Waals surface area contributed by atoms with Crippen molar-refractivity contribution in [1.29, 1.82) is 0 Å². The molecule has 102 valence electrons. The monoisotopic (exact) mass is 340 g/mol. The lowest BCUT2D eigenvalue weighted by Crippen LogP contribution is -2.09. The van der Waals surface area contributed by atoms with Gasteiger partial charge in [0.15, 0.2) is 0 Å². The standard InChI is InChI=1S/C13H17BrN4S/c1-2-6-15-12-11(14)13(18-9-17-12)16-7-5-10-4-3-8-19-10/h3-4,8-9H,2,5-7H2,1H3,(H2,15,16,17,18). The third-order valence-electron chi connectivity index (χ3n) is 2.58. The summed E-state index contributed by atoms with van der Waals surface area (Å²) in [6.45, 7) is 3.90. The summed E-state index contributed by atoms with van der Waals surface area (Å²) in [5.74, 6) is 1.68. The largest absolute Gasteiger partial charge is 0.369 e. The van der Waals surface area contributed by atoms with Crippen molar-refractivity contribution in [2.24, 2.45) is 0 Å². The fourth-order valence-corrected chi connectivity index (χ4v) is 2.81. The maximum absolute atomic E-state index is 4.26. The summed E-state index contributed by atoms with van der Waals surface area (Å²) in [4.78, 5) is 9.86. The van der Waals surface area contributed by atoms with Gasteiger partial charge in [-0.15, -0.1) is 11.3 Å². The van der Waals surface area contributed by atoms with Crippen LogP contribution in [0.1, 0.15) is 18.2 Å². The molecule has 0 aliphatic rings. The molecule has 6 heteroatoms. The van der Waals surface area contributed by atoms with Crippen LogP contribution >= 0.6 is 27.3 Å². The molecule has 0 fully saturated rings. The van der Waals surface area contributed by atoms with Gasteiger partial charge in [-0.2, -0.15) is 0 Å². The Morgan fingerprint density at radius 1 is 1.21 bits per heavy atom. The molecule has 0 radical (unpaired) electrons. The van der Waals surface area contributed by atoms with Crippen LogP contribution in [0.5, 0.6) is 0 Å². The highest BCUT2D eigenvalue weighted by molar-refractivity contribution is 9.10. The molecular formula is C13H17BrN4S. The molecule has 0 saturated heterocycles. The minimum absolute atomic E-state index is 0.838. The van der Waals surface area contributed by atoms with E-state index in [1.807, 2.05) is 0 Å². The summed E-state index contributed by atoms with van der Waals surface area (Å²) >= 11 is 5.32. The van der Waals surface area contributed by atoms with Gasteiger partial charge in [0, 0.05) is 18.0 Å². The van der Waals surface area contributed by atoms with Gasteiger partial charge in [-0.05, 0) is 40.2 Å². The summed E-state index contributed by atoms with van der Waals surface area (Å²) < 4.78 is 0.898. The Balaban J connectivity index is 1.92. The minimum Gasteiger partial charge on any atom is -0.369 e. The van der Waals surface area contributed by atoms with Crippen molar-refractivity contribution in [1.82, 2.24) is 9.97 Å². The lowest BCUT2D eigenvalue weighted by molar-refractivity contribution is 0.958. The molecule has 0 spiro atoms. The van der Waals surface area contributed by atoms with Crippen molar-refractivity contribution < 1.29 is 0 Å². The van der Waals surface area contributed by atoms with Crippen LogP contribution in [0.15, 0.2) is 28.3 Å². The van der Waals surface area contributed by atoms with Gasteiger partial charge in [0.2, 0.25) is 0 Å². The van der Waals surface area contributed by atoms with E-state index in [1.165, 1.54) is 4.88 Å². The summed E-state index contributed by atoms with van der Waals surface area (Å²) in [5, 5.41) is 8.71. The number of aromatic nitrogens is 2. The number of thiophene rings is 1. The molecular weight excluding hydrogens is 324 g/mol. The second-order valence-corrected chi connectivity index (χ2v) is 5.89. The van der Waals surface area contributed by atoms with E-state index in [9.17, 15) is 0 Å². The molecule has 0 atom stereocenters. The zero-order valence-electron chi connectivity index (χ0n) is 10.8. The molecule has 0 aromatic carbocycles. The number of hydrogen-bond donors (Lipinski definition) is 2. The first-order chi connectivity index (χ1) is 9.31. The van der Waals surface area contributed by atoms with Crippen molar-refractivity contribution in [2.45, 2.75) is 19.8 Å². The van der Waals surface area contributed by atoms with Crippen LogP contribution < -0.4 is 10.6 Å². The van der Waals surface area contributed by atoms with Crippen molar-refractivity contribution in [3.63, 3.8) is 0 Å². The van der Waals surface area contributed by atoms with Gasteiger partial charge >= 0.3 is 0 Å². The molecule has 0 amide bonds. The van der Waals surface area contributed by atoms with Crippen molar-refractivity contribution in [2.75, 3.05) is 23.7 Å². The fraction of sp³-hybridized carbons (Fsp3) is 0.385. The van der Waals surface area contributed by atoms with Crippen LogP contribution in [-0.2, 0) is 6.42 Å². The van der Waals surface area contributed by atoms with Crippen molar-refractivity contribution >= 4 is 38.9 Å². The molecule has 0 saturated carbocycles. The van der Waals surface area contributed by atoms with E-state index in [2.05, 4.69) is 61.0 Å². The lowest BCUT2D eigenvalue weighted by Gasteiger charge is -2.10. The highest BCUT2D eigenvalue weighted by Gasteiger charge is 2.07. The quantitative estimate of drug-likeness (QED) is 0.805.